The Balaban J connectivity index is 1.38. The highest BCUT2D eigenvalue weighted by Gasteiger charge is 2.45. The van der Waals surface area contributed by atoms with Gasteiger partial charge in [-0.25, -0.2) is 9.97 Å². The fourth-order valence-electron chi connectivity index (χ4n) is 5.95. The summed E-state index contributed by atoms with van der Waals surface area (Å²) in [5.74, 6) is 1.70. The average molecular weight is 489 g/mol. The number of ether oxygens (including phenoxy) is 1. The van der Waals surface area contributed by atoms with Crippen molar-refractivity contribution in [1.82, 2.24) is 15.3 Å². The third-order valence-electron chi connectivity index (χ3n) is 7.58. The van der Waals surface area contributed by atoms with Gasteiger partial charge in [-0.15, -0.1) is 0 Å². The minimum atomic E-state index is -4.40. The molecule has 2 N–H and O–H groups in total. The Morgan fingerprint density at radius 2 is 2.00 bits per heavy atom. The number of carbonyl (C=O) groups excluding carboxylic acids is 1. The first-order valence-corrected chi connectivity index (χ1v) is 12.4. The molecule has 1 unspecified atom stereocenters. The number of hydrogen-bond donors (Lipinski definition) is 2. The Kier molecular flexibility index (Phi) is 6.46. The molecule has 6 nitrogen and oxygen atoms in total. The number of rotatable bonds is 7. The van der Waals surface area contributed by atoms with Crippen LogP contribution in [0.5, 0.6) is 0 Å². The van der Waals surface area contributed by atoms with Gasteiger partial charge in [-0.05, 0) is 75.5 Å². The molecule has 2 saturated carbocycles. The molecule has 3 aliphatic rings. The summed E-state index contributed by atoms with van der Waals surface area (Å²) in [7, 11) is 0. The smallest absolute Gasteiger partial charge is 0.373 e. The number of fused-ring (bicyclic) bond motifs is 2. The number of carbonyl (C=O) groups is 1. The maximum absolute atomic E-state index is 13.1. The Morgan fingerprint density at radius 1 is 1.20 bits per heavy atom. The fourth-order valence-corrected chi connectivity index (χ4v) is 5.95. The van der Waals surface area contributed by atoms with Crippen LogP contribution in [0.1, 0.15) is 79.3 Å². The van der Waals surface area contributed by atoms with Crippen molar-refractivity contribution < 1.29 is 22.7 Å². The molecule has 1 saturated heterocycles. The van der Waals surface area contributed by atoms with Gasteiger partial charge in [0.05, 0.1) is 23.8 Å². The second kappa shape index (κ2) is 9.41. The Morgan fingerprint density at radius 3 is 2.66 bits per heavy atom. The molecule has 3 fully saturated rings. The molecule has 1 aromatic carbocycles. The summed E-state index contributed by atoms with van der Waals surface area (Å²) in [5.41, 5.74) is 1.09. The van der Waals surface area contributed by atoms with Crippen LogP contribution in [0.25, 0.3) is 0 Å². The Hall–Kier alpha value is -2.68. The van der Waals surface area contributed by atoms with Gasteiger partial charge in [0, 0.05) is 24.3 Å². The van der Waals surface area contributed by atoms with E-state index < -0.39 is 11.7 Å². The standard InChI is InChI=1S/C26H31F3N4O2/c1-16-31-20(13-22(34)33-25-9-7-17(14-25)8-10-25)23(21-6-3-11-35-21)24(32-16)30-15-18-4-2-5-19(12-18)26(27,28)29/h2,4-5,12,17,21H,3,6-11,13-15H2,1H3,(H,33,34)(H,30,31,32). The highest BCUT2D eigenvalue weighted by molar-refractivity contribution is 5.80. The summed E-state index contributed by atoms with van der Waals surface area (Å²) in [6.07, 6.45) is 2.64. The number of halogens is 3. The number of aromatic nitrogens is 2. The monoisotopic (exact) mass is 488 g/mol. The highest BCUT2D eigenvalue weighted by atomic mass is 19.4. The molecule has 0 spiro atoms. The van der Waals surface area contributed by atoms with Crippen LogP contribution in [-0.2, 0) is 28.7 Å². The quantitative estimate of drug-likeness (QED) is 0.556. The number of benzene rings is 1. The van der Waals surface area contributed by atoms with Gasteiger partial charge in [-0.1, -0.05) is 12.1 Å². The number of alkyl halides is 3. The van der Waals surface area contributed by atoms with E-state index in [0.717, 1.165) is 55.7 Å². The van der Waals surface area contributed by atoms with E-state index in [1.54, 1.807) is 13.0 Å². The number of anilines is 1. The summed E-state index contributed by atoms with van der Waals surface area (Å²) >= 11 is 0. The van der Waals surface area contributed by atoms with Crippen LogP contribution in [-0.4, -0.2) is 28.0 Å². The SMILES string of the molecule is Cc1nc(CC(=O)NC23CCC(CC2)C3)c(C2CCCO2)c(NCc2cccc(C(F)(F)F)c2)n1. The molecule has 1 atom stereocenters. The minimum absolute atomic E-state index is 0.0475. The first-order chi connectivity index (χ1) is 16.7. The van der Waals surface area contributed by atoms with Crippen LogP contribution in [0.4, 0.5) is 19.0 Å². The molecule has 2 aliphatic carbocycles. The molecular weight excluding hydrogens is 457 g/mol. The number of nitrogens with zero attached hydrogens (tertiary/aromatic N) is 2. The zero-order chi connectivity index (χ0) is 24.6. The molecule has 2 aromatic rings. The largest absolute Gasteiger partial charge is 0.416 e. The molecule has 0 radical (unpaired) electrons. The van der Waals surface area contributed by atoms with E-state index in [-0.39, 0.29) is 30.5 Å². The second-order valence-electron chi connectivity index (χ2n) is 10.2. The number of hydrogen-bond acceptors (Lipinski definition) is 5. The predicted molar refractivity (Wildman–Crippen MR) is 125 cm³/mol. The molecule has 5 rings (SSSR count). The molecule has 2 bridgehead atoms. The lowest BCUT2D eigenvalue weighted by atomic mass is 9.93. The van der Waals surface area contributed by atoms with Crippen molar-refractivity contribution in [3.8, 4) is 0 Å². The van der Waals surface area contributed by atoms with E-state index in [1.165, 1.54) is 18.9 Å². The first-order valence-electron chi connectivity index (χ1n) is 12.4. The van der Waals surface area contributed by atoms with E-state index in [2.05, 4.69) is 20.6 Å². The van der Waals surface area contributed by atoms with Crippen LogP contribution in [0, 0.1) is 12.8 Å². The van der Waals surface area contributed by atoms with Gasteiger partial charge in [0.1, 0.15) is 11.6 Å². The molecule has 9 heteroatoms. The van der Waals surface area contributed by atoms with Gasteiger partial charge >= 0.3 is 6.18 Å². The maximum atomic E-state index is 13.1. The van der Waals surface area contributed by atoms with Gasteiger partial charge in [-0.2, -0.15) is 13.2 Å². The first kappa shape index (κ1) is 24.0. The molecule has 1 aromatic heterocycles. The van der Waals surface area contributed by atoms with Gasteiger partial charge in [-0.3, -0.25) is 4.79 Å². The van der Waals surface area contributed by atoms with Crippen molar-refractivity contribution >= 4 is 11.7 Å². The highest BCUT2D eigenvalue weighted by Crippen LogP contribution is 2.47. The topological polar surface area (TPSA) is 76.1 Å². The predicted octanol–water partition coefficient (Wildman–Crippen LogP) is 5.26. The van der Waals surface area contributed by atoms with Gasteiger partial charge < -0.3 is 15.4 Å². The summed E-state index contributed by atoms with van der Waals surface area (Å²) < 4.78 is 45.3. The average Bonchev–Trinajstić information content (AvgIpc) is 3.55. The Labute approximate surface area is 203 Å². The summed E-state index contributed by atoms with van der Waals surface area (Å²) in [5, 5.41) is 6.51. The van der Waals surface area contributed by atoms with Crippen molar-refractivity contribution in [2.75, 3.05) is 11.9 Å². The molecular formula is C26H31F3N4O2. The third kappa shape index (κ3) is 5.29. The van der Waals surface area contributed by atoms with Crippen molar-refractivity contribution in [1.29, 1.82) is 0 Å². The molecule has 188 valence electrons. The van der Waals surface area contributed by atoms with Crippen molar-refractivity contribution in [2.45, 2.75) is 82.7 Å². The van der Waals surface area contributed by atoms with E-state index in [1.807, 2.05) is 0 Å². The lowest BCUT2D eigenvalue weighted by Crippen LogP contribution is -2.45. The van der Waals surface area contributed by atoms with Crippen LogP contribution >= 0.6 is 0 Å². The minimum Gasteiger partial charge on any atom is -0.373 e. The molecule has 1 aliphatic heterocycles. The van der Waals surface area contributed by atoms with Gasteiger partial charge in [0.25, 0.3) is 0 Å². The number of amides is 1. The van der Waals surface area contributed by atoms with Crippen LogP contribution in [0.2, 0.25) is 0 Å². The van der Waals surface area contributed by atoms with Crippen LogP contribution < -0.4 is 10.6 Å². The van der Waals surface area contributed by atoms with Gasteiger partial charge in [0.2, 0.25) is 5.91 Å². The molecule has 1 amide bonds. The van der Waals surface area contributed by atoms with Crippen molar-refractivity contribution in [3.63, 3.8) is 0 Å². The molecule has 2 heterocycles. The maximum Gasteiger partial charge on any atom is 0.416 e. The summed E-state index contributed by atoms with van der Waals surface area (Å²) in [4.78, 5) is 22.3. The van der Waals surface area contributed by atoms with E-state index in [0.29, 0.717) is 29.5 Å². The summed E-state index contributed by atoms with van der Waals surface area (Å²) in [6, 6.07) is 5.24. The third-order valence-corrected chi connectivity index (χ3v) is 7.58. The normalized spacial score (nSPS) is 25.7. The zero-order valence-corrected chi connectivity index (χ0v) is 19.9. The van der Waals surface area contributed by atoms with E-state index in [4.69, 9.17) is 4.74 Å². The zero-order valence-electron chi connectivity index (χ0n) is 19.9. The van der Waals surface area contributed by atoms with E-state index in [9.17, 15) is 18.0 Å². The summed E-state index contributed by atoms with van der Waals surface area (Å²) in [6.45, 7) is 2.53. The number of nitrogens with one attached hydrogen (secondary N) is 2. The second-order valence-corrected chi connectivity index (χ2v) is 10.2. The van der Waals surface area contributed by atoms with Gasteiger partial charge in [0.15, 0.2) is 0 Å². The van der Waals surface area contributed by atoms with Crippen LogP contribution in [0.15, 0.2) is 24.3 Å². The lowest BCUT2D eigenvalue weighted by Gasteiger charge is -2.28. The van der Waals surface area contributed by atoms with Crippen molar-refractivity contribution in [2.24, 2.45) is 5.92 Å². The number of aryl methyl sites for hydroxylation is 1. The molecule has 35 heavy (non-hydrogen) atoms. The Bertz CT molecular complexity index is 1090. The fraction of sp³-hybridized carbons (Fsp3) is 0.577. The van der Waals surface area contributed by atoms with E-state index >= 15 is 0 Å². The van der Waals surface area contributed by atoms with Crippen LogP contribution in [0.3, 0.4) is 0 Å². The lowest BCUT2D eigenvalue weighted by molar-refractivity contribution is -0.137. The van der Waals surface area contributed by atoms with Crippen molar-refractivity contribution in [3.05, 3.63) is 52.5 Å².